The Morgan fingerprint density at radius 3 is 2.80 bits per heavy atom. The minimum atomic E-state index is -0.692. The maximum atomic E-state index is 11.1. The van der Waals surface area contributed by atoms with Crippen LogP contribution in [-0.4, -0.2) is 16.1 Å². The van der Waals surface area contributed by atoms with E-state index in [0.717, 1.165) is 29.1 Å². The maximum absolute atomic E-state index is 11.1. The summed E-state index contributed by atoms with van der Waals surface area (Å²) in [5, 5.41) is 10.2. The highest BCUT2D eigenvalue weighted by Crippen LogP contribution is 2.50. The van der Waals surface area contributed by atoms with Crippen LogP contribution in [0.1, 0.15) is 36.6 Å². The predicted octanol–water partition coefficient (Wildman–Crippen LogP) is 2.46. The number of aliphatic carboxylic acids is 1. The minimum Gasteiger partial charge on any atom is -0.481 e. The molecule has 0 amide bonds. The van der Waals surface area contributed by atoms with Crippen molar-refractivity contribution in [1.82, 2.24) is 4.98 Å². The first-order valence-electron chi connectivity index (χ1n) is 5.23. The van der Waals surface area contributed by atoms with Gasteiger partial charge < -0.3 is 5.11 Å². The molecule has 1 heterocycles. The third-order valence-corrected chi connectivity index (χ3v) is 3.99. The number of aromatic nitrogens is 1. The first-order chi connectivity index (χ1) is 7.04. The van der Waals surface area contributed by atoms with Crippen LogP contribution in [0.15, 0.2) is 6.20 Å². The van der Waals surface area contributed by atoms with Crippen molar-refractivity contribution in [1.29, 1.82) is 0 Å². The standard InChI is InChI=1S/C11H15NO2S/c1-7(2)5-9-12-6-8(15-9)11(3-4-11)10(13)14/h6-7H,3-5H2,1-2H3,(H,13,14). The van der Waals surface area contributed by atoms with Gasteiger partial charge in [-0.2, -0.15) is 0 Å². The lowest BCUT2D eigenvalue weighted by molar-refractivity contribution is -0.139. The highest BCUT2D eigenvalue weighted by atomic mass is 32.1. The van der Waals surface area contributed by atoms with Crippen molar-refractivity contribution >= 4 is 17.3 Å². The molecule has 1 N–H and O–H groups in total. The lowest BCUT2D eigenvalue weighted by Gasteiger charge is -2.04. The van der Waals surface area contributed by atoms with Crippen LogP contribution in [-0.2, 0) is 16.6 Å². The Balaban J connectivity index is 2.17. The summed E-state index contributed by atoms with van der Waals surface area (Å²) in [6.07, 6.45) is 4.24. The highest BCUT2D eigenvalue weighted by Gasteiger charge is 2.53. The van der Waals surface area contributed by atoms with Crippen molar-refractivity contribution in [2.75, 3.05) is 0 Å². The number of hydrogen-bond acceptors (Lipinski definition) is 3. The van der Waals surface area contributed by atoms with Gasteiger partial charge in [-0.1, -0.05) is 13.8 Å². The molecule has 1 saturated carbocycles. The zero-order valence-corrected chi connectivity index (χ0v) is 9.80. The van der Waals surface area contributed by atoms with E-state index in [1.165, 1.54) is 0 Å². The van der Waals surface area contributed by atoms with Crippen LogP contribution in [0, 0.1) is 5.92 Å². The molecule has 1 aromatic heterocycles. The molecule has 0 saturated heterocycles. The van der Waals surface area contributed by atoms with Crippen molar-refractivity contribution < 1.29 is 9.90 Å². The molecule has 3 nitrogen and oxygen atoms in total. The van der Waals surface area contributed by atoms with Gasteiger partial charge >= 0.3 is 5.97 Å². The second kappa shape index (κ2) is 3.59. The van der Waals surface area contributed by atoms with Crippen molar-refractivity contribution in [3.63, 3.8) is 0 Å². The molecule has 1 aliphatic rings. The molecule has 0 unspecified atom stereocenters. The van der Waals surface area contributed by atoms with E-state index in [1.54, 1.807) is 17.5 Å². The normalized spacial score (nSPS) is 18.1. The first-order valence-corrected chi connectivity index (χ1v) is 6.05. The Labute approximate surface area is 93.2 Å². The van der Waals surface area contributed by atoms with Crippen LogP contribution in [0.25, 0.3) is 0 Å². The summed E-state index contributed by atoms with van der Waals surface area (Å²) < 4.78 is 0. The molecule has 0 radical (unpaired) electrons. The van der Waals surface area contributed by atoms with E-state index in [2.05, 4.69) is 18.8 Å². The summed E-state index contributed by atoms with van der Waals surface area (Å²) in [5.41, 5.74) is -0.576. The topological polar surface area (TPSA) is 50.2 Å². The molecule has 15 heavy (non-hydrogen) atoms. The van der Waals surface area contributed by atoms with Crippen LogP contribution >= 0.6 is 11.3 Å². The van der Waals surface area contributed by atoms with E-state index in [-0.39, 0.29) is 0 Å². The van der Waals surface area contributed by atoms with Gasteiger partial charge in [0.05, 0.1) is 5.01 Å². The second-order valence-corrected chi connectivity index (χ2v) is 5.72. The number of nitrogens with zero attached hydrogens (tertiary/aromatic N) is 1. The van der Waals surface area contributed by atoms with Gasteiger partial charge in [0.1, 0.15) is 5.41 Å². The van der Waals surface area contributed by atoms with Crippen LogP contribution in [0.5, 0.6) is 0 Å². The third kappa shape index (κ3) is 1.91. The number of carboxylic acid groups (broad SMARTS) is 1. The van der Waals surface area contributed by atoms with Crippen molar-refractivity contribution in [3.8, 4) is 0 Å². The average molecular weight is 225 g/mol. The smallest absolute Gasteiger partial charge is 0.315 e. The molecule has 2 rings (SSSR count). The zero-order chi connectivity index (χ0) is 11.1. The van der Waals surface area contributed by atoms with Gasteiger partial charge in [-0.3, -0.25) is 4.79 Å². The summed E-state index contributed by atoms with van der Waals surface area (Å²) in [4.78, 5) is 16.3. The van der Waals surface area contributed by atoms with Crippen LogP contribution in [0.3, 0.4) is 0 Å². The quantitative estimate of drug-likeness (QED) is 0.856. The molecule has 1 aromatic rings. The predicted molar refractivity (Wildman–Crippen MR) is 59.2 cm³/mol. The zero-order valence-electron chi connectivity index (χ0n) is 8.99. The summed E-state index contributed by atoms with van der Waals surface area (Å²) in [7, 11) is 0. The van der Waals surface area contributed by atoms with Gasteiger partial charge in [0.15, 0.2) is 0 Å². The van der Waals surface area contributed by atoms with E-state index in [4.69, 9.17) is 5.11 Å². The Bertz CT molecular complexity index is 380. The number of rotatable bonds is 4. The van der Waals surface area contributed by atoms with Crippen molar-refractivity contribution in [2.45, 2.75) is 38.5 Å². The van der Waals surface area contributed by atoms with E-state index < -0.39 is 11.4 Å². The van der Waals surface area contributed by atoms with Gasteiger partial charge in [-0.05, 0) is 18.8 Å². The first kappa shape index (κ1) is 10.6. The molecule has 0 spiro atoms. The fourth-order valence-corrected chi connectivity index (χ4v) is 3.03. The lowest BCUT2D eigenvalue weighted by atomic mass is 10.1. The largest absolute Gasteiger partial charge is 0.481 e. The second-order valence-electron chi connectivity index (χ2n) is 4.60. The van der Waals surface area contributed by atoms with Crippen LogP contribution < -0.4 is 0 Å². The molecule has 82 valence electrons. The van der Waals surface area contributed by atoms with Crippen LogP contribution in [0.4, 0.5) is 0 Å². The van der Waals surface area contributed by atoms with Crippen molar-refractivity contribution in [3.05, 3.63) is 16.1 Å². The van der Waals surface area contributed by atoms with Gasteiger partial charge in [0.25, 0.3) is 0 Å². The highest BCUT2D eigenvalue weighted by molar-refractivity contribution is 7.12. The molecule has 0 bridgehead atoms. The minimum absolute atomic E-state index is 0.573. The van der Waals surface area contributed by atoms with Crippen LogP contribution in [0.2, 0.25) is 0 Å². The van der Waals surface area contributed by atoms with Gasteiger partial charge in [-0.25, -0.2) is 4.98 Å². The number of carboxylic acids is 1. The lowest BCUT2D eigenvalue weighted by Crippen LogP contribution is -2.17. The summed E-state index contributed by atoms with van der Waals surface area (Å²) in [6.45, 7) is 4.29. The van der Waals surface area contributed by atoms with Gasteiger partial charge in [0, 0.05) is 17.5 Å². The monoisotopic (exact) mass is 225 g/mol. The molecule has 1 aliphatic carbocycles. The average Bonchev–Trinajstić information content (AvgIpc) is 2.83. The molecule has 4 heteroatoms. The van der Waals surface area contributed by atoms with E-state index in [9.17, 15) is 4.79 Å². The van der Waals surface area contributed by atoms with Gasteiger partial charge in [-0.15, -0.1) is 11.3 Å². The number of hydrogen-bond donors (Lipinski definition) is 1. The summed E-state index contributed by atoms with van der Waals surface area (Å²) in [5.74, 6) is -0.119. The van der Waals surface area contributed by atoms with E-state index in [1.807, 2.05) is 0 Å². The number of thiazole rings is 1. The molecular weight excluding hydrogens is 210 g/mol. The molecular formula is C11H15NO2S. The molecule has 0 aromatic carbocycles. The fourth-order valence-electron chi connectivity index (χ4n) is 1.67. The molecule has 1 fully saturated rings. The SMILES string of the molecule is CC(C)Cc1ncc(C2(C(=O)O)CC2)s1. The molecule has 0 aliphatic heterocycles. The Hall–Kier alpha value is -0.900. The fraction of sp³-hybridized carbons (Fsp3) is 0.636. The van der Waals surface area contributed by atoms with E-state index >= 15 is 0 Å². The molecule has 0 atom stereocenters. The van der Waals surface area contributed by atoms with E-state index in [0.29, 0.717) is 5.92 Å². The summed E-state index contributed by atoms with van der Waals surface area (Å²) >= 11 is 1.57. The summed E-state index contributed by atoms with van der Waals surface area (Å²) in [6, 6.07) is 0. The van der Waals surface area contributed by atoms with Gasteiger partial charge in [0.2, 0.25) is 0 Å². The van der Waals surface area contributed by atoms with Crippen molar-refractivity contribution in [2.24, 2.45) is 5.92 Å². The Morgan fingerprint density at radius 1 is 1.67 bits per heavy atom. The Kier molecular flexibility index (Phi) is 2.54. The maximum Gasteiger partial charge on any atom is 0.315 e. The third-order valence-electron chi connectivity index (χ3n) is 2.77. The Morgan fingerprint density at radius 2 is 2.33 bits per heavy atom. The number of carbonyl (C=O) groups is 1.